The molecule has 8 heteroatoms. The van der Waals surface area contributed by atoms with E-state index in [1.165, 1.54) is 6.07 Å². The topological polar surface area (TPSA) is 90.8 Å². The molecule has 0 amide bonds. The van der Waals surface area contributed by atoms with Crippen molar-refractivity contribution < 1.29 is 13.5 Å². The molecule has 3 N–H and O–H groups in total. The van der Waals surface area contributed by atoms with Gasteiger partial charge in [-0.15, -0.1) is 17.9 Å². The van der Waals surface area contributed by atoms with E-state index in [4.69, 9.17) is 0 Å². The van der Waals surface area contributed by atoms with Crippen molar-refractivity contribution in [2.45, 2.75) is 17.2 Å². The highest BCUT2D eigenvalue weighted by Gasteiger charge is 2.20. The Hall–Kier alpha value is -1.38. The Labute approximate surface area is 129 Å². The average molecular weight is 331 g/mol. The summed E-state index contributed by atoms with van der Waals surface area (Å²) in [6, 6.07) is 3.20. The van der Waals surface area contributed by atoms with Gasteiger partial charge in [0.05, 0.1) is 18.4 Å². The lowest BCUT2D eigenvalue weighted by atomic mass is 10.4. The summed E-state index contributed by atoms with van der Waals surface area (Å²) in [5.74, 6) is 0.183. The van der Waals surface area contributed by atoms with Crippen molar-refractivity contribution in [2.75, 3.05) is 25.4 Å². The molecule has 0 fully saturated rings. The van der Waals surface area contributed by atoms with E-state index in [0.717, 1.165) is 11.3 Å². The summed E-state index contributed by atoms with van der Waals surface area (Å²) >= 11 is 1.14. The van der Waals surface area contributed by atoms with Gasteiger partial charge in [0.25, 0.3) is 0 Å². The molecule has 0 aliphatic carbocycles. The van der Waals surface area contributed by atoms with Gasteiger partial charge in [-0.05, 0) is 18.4 Å². The highest BCUT2D eigenvalue weighted by Crippen LogP contribution is 2.18. The number of hydrogen-bond acceptors (Lipinski definition) is 5. The van der Waals surface area contributed by atoms with E-state index < -0.39 is 15.9 Å². The molecular weight excluding hydrogens is 310 g/mol. The van der Waals surface area contributed by atoms with Crippen molar-refractivity contribution in [1.82, 2.24) is 10.6 Å². The molecule has 6 nitrogen and oxygen atoms in total. The predicted molar refractivity (Wildman–Crippen MR) is 86.6 cm³/mol. The van der Waals surface area contributed by atoms with Crippen LogP contribution in [0.15, 0.2) is 39.4 Å². The quantitative estimate of drug-likeness (QED) is 0.369. The van der Waals surface area contributed by atoms with Gasteiger partial charge in [-0.3, -0.25) is 4.99 Å². The fraction of sp³-hybridized carbons (Fsp3) is 0.462. The summed E-state index contributed by atoms with van der Waals surface area (Å²) in [6.45, 7) is 6.73. The minimum atomic E-state index is -3.45. The van der Waals surface area contributed by atoms with Crippen molar-refractivity contribution in [3.63, 3.8) is 0 Å². The summed E-state index contributed by atoms with van der Waals surface area (Å²) in [5, 5.41) is 17.5. The van der Waals surface area contributed by atoms with E-state index >= 15 is 0 Å². The molecule has 1 unspecified atom stereocenters. The van der Waals surface area contributed by atoms with Crippen molar-refractivity contribution in [1.29, 1.82) is 0 Å². The van der Waals surface area contributed by atoms with Gasteiger partial charge >= 0.3 is 0 Å². The Morgan fingerprint density at radius 2 is 2.33 bits per heavy atom. The lowest BCUT2D eigenvalue weighted by Crippen LogP contribution is -2.38. The van der Waals surface area contributed by atoms with Crippen LogP contribution in [-0.2, 0) is 9.84 Å². The maximum Gasteiger partial charge on any atom is 0.191 e. The van der Waals surface area contributed by atoms with Crippen LogP contribution in [0.5, 0.6) is 0 Å². The summed E-state index contributed by atoms with van der Waals surface area (Å²) in [4.78, 5) is 4.15. The van der Waals surface area contributed by atoms with Crippen LogP contribution < -0.4 is 10.6 Å². The maximum atomic E-state index is 12.0. The van der Waals surface area contributed by atoms with Crippen LogP contribution in [0, 0.1) is 0 Å². The van der Waals surface area contributed by atoms with Crippen molar-refractivity contribution in [2.24, 2.45) is 4.99 Å². The lowest BCUT2D eigenvalue weighted by molar-refractivity contribution is 0.206. The molecule has 0 saturated carbocycles. The summed E-state index contributed by atoms with van der Waals surface area (Å²) in [7, 11) is -3.45. The molecule has 0 aliphatic rings. The van der Waals surface area contributed by atoms with Gasteiger partial charge in [-0.1, -0.05) is 12.1 Å². The second-order valence-corrected chi connectivity index (χ2v) is 7.47. The number of aliphatic imine (C=N–C) groups is 1. The third-order valence-electron chi connectivity index (χ3n) is 2.43. The number of aliphatic hydroxyl groups is 1. The molecule has 118 valence electrons. The van der Waals surface area contributed by atoms with Gasteiger partial charge in [0.1, 0.15) is 4.21 Å². The number of thiophene rings is 1. The van der Waals surface area contributed by atoms with Gasteiger partial charge in [-0.2, -0.15) is 0 Å². The number of rotatable bonds is 8. The third-order valence-corrected chi connectivity index (χ3v) is 5.72. The molecule has 1 aromatic rings. The largest absolute Gasteiger partial charge is 0.390 e. The molecule has 0 radical (unpaired) electrons. The molecule has 1 heterocycles. The maximum absolute atomic E-state index is 12.0. The van der Waals surface area contributed by atoms with Gasteiger partial charge < -0.3 is 15.7 Å². The number of guanidine groups is 1. The Morgan fingerprint density at radius 1 is 1.57 bits per heavy atom. The van der Waals surface area contributed by atoms with Crippen molar-refractivity contribution in [3.8, 4) is 0 Å². The monoisotopic (exact) mass is 331 g/mol. The number of nitrogens with one attached hydrogen (secondary N) is 2. The molecule has 0 aliphatic heterocycles. The van der Waals surface area contributed by atoms with Crippen LogP contribution in [0.2, 0.25) is 0 Å². The van der Waals surface area contributed by atoms with Crippen LogP contribution in [0.1, 0.15) is 6.92 Å². The molecule has 0 saturated heterocycles. The predicted octanol–water partition coefficient (Wildman–Crippen LogP) is 0.624. The number of nitrogens with zero attached hydrogens (tertiary/aromatic N) is 1. The first-order chi connectivity index (χ1) is 9.99. The third kappa shape index (κ3) is 6.28. The summed E-state index contributed by atoms with van der Waals surface area (Å²) in [5.41, 5.74) is 0. The Balaban J connectivity index is 2.59. The Kier molecular flexibility index (Phi) is 7.41. The average Bonchev–Trinajstić information content (AvgIpc) is 2.96. The van der Waals surface area contributed by atoms with E-state index in [9.17, 15) is 13.5 Å². The van der Waals surface area contributed by atoms with E-state index in [1.807, 2.05) is 6.92 Å². The zero-order valence-electron chi connectivity index (χ0n) is 11.9. The van der Waals surface area contributed by atoms with E-state index in [2.05, 4.69) is 22.2 Å². The zero-order chi connectivity index (χ0) is 15.7. The van der Waals surface area contributed by atoms with Crippen molar-refractivity contribution >= 4 is 27.1 Å². The second kappa shape index (κ2) is 8.81. The number of aliphatic hydroxyl groups excluding tert-OH is 1. The molecule has 1 aromatic heterocycles. The molecule has 0 spiro atoms. The standard InChI is InChI=1S/C13H21N3O3S2/c1-3-7-15-13(14-4-2)16-9-11(17)10-21(18,19)12-6-5-8-20-12/h3,5-6,8,11,17H,1,4,7,9-10H2,2H3,(H2,14,15,16). The second-order valence-electron chi connectivity index (χ2n) is 4.26. The first-order valence-corrected chi connectivity index (χ1v) is 9.10. The first kappa shape index (κ1) is 17.7. The number of sulfone groups is 1. The van der Waals surface area contributed by atoms with Crippen LogP contribution in [0.25, 0.3) is 0 Å². The Morgan fingerprint density at radius 3 is 2.90 bits per heavy atom. The highest BCUT2D eigenvalue weighted by atomic mass is 32.2. The minimum absolute atomic E-state index is 0.0110. The molecule has 21 heavy (non-hydrogen) atoms. The minimum Gasteiger partial charge on any atom is -0.390 e. The zero-order valence-corrected chi connectivity index (χ0v) is 13.6. The summed E-state index contributed by atoms with van der Waals surface area (Å²) in [6.07, 6.45) is 0.640. The lowest BCUT2D eigenvalue weighted by Gasteiger charge is -2.12. The van der Waals surface area contributed by atoms with Crippen LogP contribution in [0.4, 0.5) is 0 Å². The molecule has 0 aromatic carbocycles. The SMILES string of the molecule is C=CCNC(=NCC(O)CS(=O)(=O)c1cccs1)NCC. The molecule has 1 atom stereocenters. The van der Waals surface area contributed by atoms with E-state index in [-0.39, 0.29) is 16.5 Å². The molecule has 1 rings (SSSR count). The molecule has 0 bridgehead atoms. The Bertz CT molecular complexity index is 553. The highest BCUT2D eigenvalue weighted by molar-refractivity contribution is 7.93. The van der Waals surface area contributed by atoms with Crippen molar-refractivity contribution in [3.05, 3.63) is 30.2 Å². The smallest absolute Gasteiger partial charge is 0.191 e. The normalized spacial score (nSPS) is 13.7. The van der Waals surface area contributed by atoms with Gasteiger partial charge in [0.15, 0.2) is 15.8 Å². The van der Waals surface area contributed by atoms with Gasteiger partial charge in [-0.25, -0.2) is 8.42 Å². The first-order valence-electron chi connectivity index (χ1n) is 6.57. The van der Waals surface area contributed by atoms with E-state index in [1.54, 1.807) is 17.5 Å². The van der Waals surface area contributed by atoms with Crippen LogP contribution in [0.3, 0.4) is 0 Å². The fourth-order valence-corrected chi connectivity index (χ4v) is 4.00. The fourth-order valence-electron chi connectivity index (χ4n) is 1.54. The number of hydrogen-bond donors (Lipinski definition) is 3. The van der Waals surface area contributed by atoms with Crippen LogP contribution in [-0.4, -0.2) is 51.0 Å². The summed E-state index contributed by atoms with van der Waals surface area (Å²) < 4.78 is 24.3. The molecular formula is C13H21N3O3S2. The van der Waals surface area contributed by atoms with Gasteiger partial charge in [0.2, 0.25) is 0 Å². The van der Waals surface area contributed by atoms with Crippen LogP contribution >= 0.6 is 11.3 Å². The van der Waals surface area contributed by atoms with E-state index in [0.29, 0.717) is 19.0 Å². The van der Waals surface area contributed by atoms with Gasteiger partial charge in [0, 0.05) is 13.1 Å².